The Hall–Kier alpha value is -1.30. The number of piperidine rings is 1. The highest BCUT2D eigenvalue weighted by molar-refractivity contribution is 5.85. The molecule has 5 nitrogen and oxygen atoms in total. The Bertz CT molecular complexity index is 856. The minimum absolute atomic E-state index is 0. The fourth-order valence-electron chi connectivity index (χ4n) is 5.31. The molecule has 3 aliphatic rings. The van der Waals surface area contributed by atoms with Crippen molar-refractivity contribution >= 4 is 24.8 Å². The quantitative estimate of drug-likeness (QED) is 0.813. The number of aromatic nitrogens is 3. The predicted molar refractivity (Wildman–Crippen MR) is 117 cm³/mol. The van der Waals surface area contributed by atoms with Crippen LogP contribution in [0, 0.1) is 11.8 Å². The molecular formula is C21H30Cl2N4O. The van der Waals surface area contributed by atoms with E-state index in [9.17, 15) is 4.79 Å². The zero-order chi connectivity index (χ0) is 17.5. The summed E-state index contributed by atoms with van der Waals surface area (Å²) in [5, 5.41) is 3.51. The number of hydrogen-bond acceptors (Lipinski definition) is 3. The third-order valence-corrected chi connectivity index (χ3v) is 6.64. The summed E-state index contributed by atoms with van der Waals surface area (Å²) >= 11 is 0. The largest absolute Gasteiger partial charge is 0.331 e. The van der Waals surface area contributed by atoms with Crippen LogP contribution in [-0.2, 0) is 13.1 Å². The molecule has 0 spiro atoms. The van der Waals surface area contributed by atoms with Crippen LogP contribution >= 0.6 is 24.8 Å². The van der Waals surface area contributed by atoms with Crippen LogP contribution in [0.4, 0.5) is 0 Å². The van der Waals surface area contributed by atoms with E-state index in [4.69, 9.17) is 0 Å². The number of nitrogens with zero attached hydrogens (tertiary/aromatic N) is 3. The van der Waals surface area contributed by atoms with E-state index in [2.05, 4.69) is 20.9 Å². The number of nitrogens with one attached hydrogen (secondary N) is 1. The molecule has 0 aromatic carbocycles. The molecule has 1 N–H and O–H groups in total. The van der Waals surface area contributed by atoms with Crippen LogP contribution in [0.2, 0.25) is 0 Å². The molecular weight excluding hydrogens is 395 g/mol. The fourth-order valence-corrected chi connectivity index (χ4v) is 5.31. The van der Waals surface area contributed by atoms with Crippen molar-refractivity contribution in [2.24, 2.45) is 11.8 Å². The van der Waals surface area contributed by atoms with E-state index in [0.29, 0.717) is 11.8 Å². The minimum atomic E-state index is 0. The van der Waals surface area contributed by atoms with E-state index >= 15 is 0 Å². The standard InChI is InChI=1S/C21H28N4O.2ClH/c26-21-18(6-7-19-17-10-16(11-22-12-17)14-25(19)21)20-23-8-9-24(20)13-15-4-2-1-3-5-15;;/h6-9,15-17,22H,1-5,10-14H2;2*1H/t16-,17+;;/m0../s1. The normalized spacial score (nSPS) is 24.0. The summed E-state index contributed by atoms with van der Waals surface area (Å²) < 4.78 is 4.25. The van der Waals surface area contributed by atoms with Crippen molar-refractivity contribution < 1.29 is 0 Å². The number of pyridine rings is 1. The summed E-state index contributed by atoms with van der Waals surface area (Å²) in [6.07, 6.45) is 11.8. The first-order valence-electron chi connectivity index (χ1n) is 10.3. The summed E-state index contributed by atoms with van der Waals surface area (Å²) in [5.74, 6) is 2.63. The van der Waals surface area contributed by atoms with Gasteiger partial charge in [-0.3, -0.25) is 4.79 Å². The van der Waals surface area contributed by atoms with Gasteiger partial charge in [-0.05, 0) is 49.8 Å². The van der Waals surface area contributed by atoms with Crippen LogP contribution in [0.1, 0.15) is 50.1 Å². The molecule has 2 bridgehead atoms. The summed E-state index contributed by atoms with van der Waals surface area (Å²) in [5.41, 5.74) is 2.12. The van der Waals surface area contributed by atoms with Gasteiger partial charge in [-0.25, -0.2) is 4.98 Å². The van der Waals surface area contributed by atoms with Gasteiger partial charge < -0.3 is 14.5 Å². The lowest BCUT2D eigenvalue weighted by atomic mass is 9.84. The van der Waals surface area contributed by atoms with Gasteiger partial charge in [0.05, 0.1) is 5.56 Å². The molecule has 2 fully saturated rings. The van der Waals surface area contributed by atoms with Crippen molar-refractivity contribution in [2.45, 2.75) is 57.5 Å². The van der Waals surface area contributed by atoms with Gasteiger partial charge in [-0.1, -0.05) is 19.3 Å². The minimum Gasteiger partial charge on any atom is -0.331 e. The molecule has 1 saturated heterocycles. The lowest BCUT2D eigenvalue weighted by Crippen LogP contribution is -2.45. The second kappa shape index (κ2) is 9.02. The Balaban J connectivity index is 0.00000112. The topological polar surface area (TPSA) is 51.9 Å². The van der Waals surface area contributed by atoms with E-state index in [1.54, 1.807) is 0 Å². The highest BCUT2D eigenvalue weighted by Crippen LogP contribution is 2.33. The van der Waals surface area contributed by atoms with Crippen molar-refractivity contribution in [1.82, 2.24) is 19.4 Å². The first-order valence-corrected chi connectivity index (χ1v) is 10.3. The zero-order valence-corrected chi connectivity index (χ0v) is 17.8. The molecule has 1 saturated carbocycles. The van der Waals surface area contributed by atoms with Crippen LogP contribution in [-0.4, -0.2) is 27.2 Å². The highest BCUT2D eigenvalue weighted by Gasteiger charge is 2.31. The summed E-state index contributed by atoms with van der Waals surface area (Å²) in [7, 11) is 0. The number of fused-ring (bicyclic) bond motifs is 4. The summed E-state index contributed by atoms with van der Waals surface area (Å²) in [6, 6.07) is 4.19. The van der Waals surface area contributed by atoms with E-state index < -0.39 is 0 Å². The number of hydrogen-bond donors (Lipinski definition) is 1. The van der Waals surface area contributed by atoms with Crippen molar-refractivity contribution in [3.05, 3.63) is 40.6 Å². The molecule has 1 aliphatic carbocycles. The van der Waals surface area contributed by atoms with Crippen molar-refractivity contribution in [2.75, 3.05) is 13.1 Å². The molecule has 5 rings (SSSR count). The van der Waals surface area contributed by atoms with Crippen LogP contribution < -0.4 is 10.9 Å². The molecule has 28 heavy (non-hydrogen) atoms. The van der Waals surface area contributed by atoms with Gasteiger partial charge >= 0.3 is 0 Å². The first kappa shape index (κ1) is 21.4. The summed E-state index contributed by atoms with van der Waals surface area (Å²) in [4.78, 5) is 17.8. The maximum Gasteiger partial charge on any atom is 0.261 e. The Morgan fingerprint density at radius 2 is 1.93 bits per heavy atom. The molecule has 154 valence electrons. The van der Waals surface area contributed by atoms with Crippen LogP contribution in [0.3, 0.4) is 0 Å². The van der Waals surface area contributed by atoms with Gasteiger partial charge in [0.15, 0.2) is 0 Å². The van der Waals surface area contributed by atoms with E-state index in [1.165, 1.54) is 44.2 Å². The number of halogens is 2. The Kier molecular flexibility index (Phi) is 6.89. The van der Waals surface area contributed by atoms with Gasteiger partial charge in [0.1, 0.15) is 5.82 Å². The van der Waals surface area contributed by atoms with E-state index in [0.717, 1.165) is 43.5 Å². The maximum atomic E-state index is 13.3. The van der Waals surface area contributed by atoms with Gasteiger partial charge in [-0.15, -0.1) is 24.8 Å². The van der Waals surface area contributed by atoms with Gasteiger partial charge in [-0.2, -0.15) is 0 Å². The zero-order valence-electron chi connectivity index (χ0n) is 16.2. The second-order valence-corrected chi connectivity index (χ2v) is 8.45. The monoisotopic (exact) mass is 424 g/mol. The molecule has 0 radical (unpaired) electrons. The van der Waals surface area contributed by atoms with Crippen molar-refractivity contribution in [3.63, 3.8) is 0 Å². The number of rotatable bonds is 3. The second-order valence-electron chi connectivity index (χ2n) is 8.45. The average Bonchev–Trinajstić information content (AvgIpc) is 3.12. The van der Waals surface area contributed by atoms with Crippen molar-refractivity contribution in [3.8, 4) is 11.4 Å². The predicted octanol–water partition coefficient (Wildman–Crippen LogP) is 3.84. The fraction of sp³-hybridized carbons (Fsp3) is 0.619. The molecule has 2 aliphatic heterocycles. The third kappa shape index (κ3) is 3.89. The lowest BCUT2D eigenvalue weighted by molar-refractivity contribution is 0.257. The molecule has 0 amide bonds. The van der Waals surface area contributed by atoms with Gasteiger partial charge in [0, 0.05) is 43.6 Å². The Morgan fingerprint density at radius 1 is 1.11 bits per heavy atom. The molecule has 7 heteroatoms. The molecule has 0 unspecified atom stereocenters. The molecule has 4 heterocycles. The SMILES string of the molecule is Cl.Cl.O=c1c(-c2nccn2CC2CCCCC2)ccc2n1C[C@@H]1CNC[C@H]2C1. The smallest absolute Gasteiger partial charge is 0.261 e. The van der Waals surface area contributed by atoms with Crippen LogP contribution in [0.25, 0.3) is 11.4 Å². The Morgan fingerprint density at radius 3 is 2.75 bits per heavy atom. The maximum absolute atomic E-state index is 13.3. The lowest BCUT2D eigenvalue weighted by Gasteiger charge is -2.37. The highest BCUT2D eigenvalue weighted by atomic mass is 35.5. The van der Waals surface area contributed by atoms with Crippen molar-refractivity contribution in [1.29, 1.82) is 0 Å². The van der Waals surface area contributed by atoms with Crippen LogP contribution in [0.15, 0.2) is 29.3 Å². The Labute approximate surface area is 178 Å². The first-order chi connectivity index (χ1) is 12.8. The molecule has 2 aromatic heterocycles. The van der Waals surface area contributed by atoms with E-state index in [1.807, 2.05) is 23.0 Å². The number of imidazole rings is 1. The van der Waals surface area contributed by atoms with Gasteiger partial charge in [0.25, 0.3) is 5.56 Å². The molecule has 2 aromatic rings. The van der Waals surface area contributed by atoms with Crippen LogP contribution in [0.5, 0.6) is 0 Å². The molecule has 2 atom stereocenters. The van der Waals surface area contributed by atoms with Gasteiger partial charge in [0.2, 0.25) is 0 Å². The average molecular weight is 425 g/mol. The third-order valence-electron chi connectivity index (χ3n) is 6.64. The van der Waals surface area contributed by atoms with E-state index in [-0.39, 0.29) is 30.4 Å². The summed E-state index contributed by atoms with van der Waals surface area (Å²) in [6.45, 7) is 3.86.